The molecule has 1 amide bonds. The number of terminal acetylenes is 1. The fraction of sp³-hybridized carbons (Fsp3) is 0.741. The van der Waals surface area contributed by atoms with Crippen LogP contribution in [-0.4, -0.2) is 57.3 Å². The van der Waals surface area contributed by atoms with Crippen molar-refractivity contribution < 1.29 is 29.7 Å². The van der Waals surface area contributed by atoms with Crippen LogP contribution in [0.4, 0.5) is 0 Å². The molecule has 4 aliphatic rings. The number of carbonyl (C=O) groups is 2. The van der Waals surface area contributed by atoms with Crippen molar-refractivity contribution in [3.63, 3.8) is 0 Å². The van der Waals surface area contributed by atoms with Gasteiger partial charge in [0.1, 0.15) is 5.60 Å². The van der Waals surface area contributed by atoms with Crippen molar-refractivity contribution in [3.05, 3.63) is 11.6 Å². The Hall–Kier alpha value is -2.37. The van der Waals surface area contributed by atoms with E-state index in [1.165, 1.54) is 12.5 Å². The number of rotatable bonds is 6. The molecule has 0 heterocycles. The lowest BCUT2D eigenvalue weighted by Crippen LogP contribution is -2.54. The molecule has 192 valence electrons. The number of nitrogens with one attached hydrogen (secondary N) is 1. The van der Waals surface area contributed by atoms with E-state index in [9.17, 15) is 19.8 Å². The molecule has 0 aromatic heterocycles. The van der Waals surface area contributed by atoms with Crippen molar-refractivity contribution in [1.82, 2.24) is 5.32 Å². The molecule has 8 atom stereocenters. The quantitative estimate of drug-likeness (QED) is 0.338. The van der Waals surface area contributed by atoms with Crippen LogP contribution < -0.4 is 5.32 Å². The molecule has 4 N–H and O–H groups in total. The molecule has 0 aromatic rings. The fourth-order valence-corrected chi connectivity index (χ4v) is 7.67. The summed E-state index contributed by atoms with van der Waals surface area (Å²) in [6.45, 7) is 5.46. The standard InChI is InChI=1S/C27H38N2O6/c1-5-27(34)13-10-21-19-7-6-17-14-18(8-11-25(17,3)20(19)9-12-26(21,27)4)29-35-15-22(31)28-23(16(2)30)24(32)33/h1,14,16,19-21,23,30,34H,6-13,15H2,2-4H3,(H,28,31)(H,32,33)/t16-,19-,20+,21-,23+,25+,26+,27-/m1/s1. The number of aliphatic carboxylic acids is 1. The van der Waals surface area contributed by atoms with Crippen LogP contribution in [-0.2, 0) is 14.4 Å². The molecule has 0 unspecified atom stereocenters. The molecule has 4 aliphatic carbocycles. The Bertz CT molecular complexity index is 983. The second-order valence-electron chi connectivity index (χ2n) is 11.5. The van der Waals surface area contributed by atoms with Gasteiger partial charge >= 0.3 is 5.97 Å². The van der Waals surface area contributed by atoms with Crippen LogP contribution in [0.25, 0.3) is 0 Å². The maximum absolute atomic E-state index is 12.0. The zero-order valence-electron chi connectivity index (χ0n) is 20.9. The van der Waals surface area contributed by atoms with Crippen molar-refractivity contribution in [3.8, 4) is 12.3 Å². The van der Waals surface area contributed by atoms with E-state index in [-0.39, 0.29) is 10.8 Å². The average molecular weight is 487 g/mol. The fourth-order valence-electron chi connectivity index (χ4n) is 7.67. The topological polar surface area (TPSA) is 128 Å². The Morgan fingerprint density at radius 2 is 1.94 bits per heavy atom. The maximum Gasteiger partial charge on any atom is 0.328 e. The number of amides is 1. The predicted octanol–water partition coefficient (Wildman–Crippen LogP) is 2.64. The number of allylic oxidation sites excluding steroid dienone is 2. The van der Waals surface area contributed by atoms with Crippen molar-refractivity contribution in [2.75, 3.05) is 6.61 Å². The summed E-state index contributed by atoms with van der Waals surface area (Å²) in [5, 5.41) is 36.1. The van der Waals surface area contributed by atoms with Crippen molar-refractivity contribution >= 4 is 17.6 Å². The van der Waals surface area contributed by atoms with Gasteiger partial charge < -0.3 is 25.5 Å². The van der Waals surface area contributed by atoms with Gasteiger partial charge in [-0.3, -0.25) is 4.79 Å². The minimum Gasteiger partial charge on any atom is -0.480 e. The van der Waals surface area contributed by atoms with Gasteiger partial charge in [-0.15, -0.1) is 6.42 Å². The Morgan fingerprint density at radius 3 is 2.60 bits per heavy atom. The molecule has 8 heteroatoms. The summed E-state index contributed by atoms with van der Waals surface area (Å²) < 4.78 is 0. The van der Waals surface area contributed by atoms with Gasteiger partial charge in [0.25, 0.3) is 5.91 Å². The first-order chi connectivity index (χ1) is 16.4. The smallest absolute Gasteiger partial charge is 0.328 e. The summed E-state index contributed by atoms with van der Waals surface area (Å²) in [6, 6.07) is -1.39. The summed E-state index contributed by atoms with van der Waals surface area (Å²) in [5.74, 6) is 2.36. The molecule has 0 radical (unpaired) electrons. The number of nitrogens with zero attached hydrogens (tertiary/aromatic N) is 1. The van der Waals surface area contributed by atoms with Gasteiger partial charge in [-0.25, -0.2) is 4.79 Å². The first-order valence-electron chi connectivity index (χ1n) is 12.8. The molecule has 3 fully saturated rings. The second kappa shape index (κ2) is 9.25. The second-order valence-corrected chi connectivity index (χ2v) is 11.5. The number of carbonyl (C=O) groups excluding carboxylic acids is 1. The third-order valence-corrected chi connectivity index (χ3v) is 9.81. The van der Waals surface area contributed by atoms with Gasteiger partial charge in [0.2, 0.25) is 0 Å². The summed E-state index contributed by atoms with van der Waals surface area (Å²) in [5.41, 5.74) is 1.06. The number of fused-ring (bicyclic) bond motifs is 5. The van der Waals surface area contributed by atoms with Gasteiger partial charge in [-0.1, -0.05) is 30.5 Å². The van der Waals surface area contributed by atoms with Crippen LogP contribution >= 0.6 is 0 Å². The van der Waals surface area contributed by atoms with Crippen LogP contribution in [0.2, 0.25) is 0 Å². The van der Waals surface area contributed by atoms with Crippen molar-refractivity contribution in [1.29, 1.82) is 0 Å². The van der Waals surface area contributed by atoms with E-state index in [2.05, 4.69) is 36.3 Å². The summed E-state index contributed by atoms with van der Waals surface area (Å²) in [7, 11) is 0. The largest absolute Gasteiger partial charge is 0.480 e. The van der Waals surface area contributed by atoms with Gasteiger partial charge in [0.15, 0.2) is 12.6 Å². The zero-order valence-corrected chi connectivity index (χ0v) is 20.9. The van der Waals surface area contributed by atoms with E-state index in [1.54, 1.807) is 0 Å². The van der Waals surface area contributed by atoms with E-state index in [0.717, 1.165) is 50.7 Å². The maximum atomic E-state index is 12.0. The van der Waals surface area contributed by atoms with Gasteiger partial charge in [-0.05, 0) is 87.5 Å². The Morgan fingerprint density at radius 1 is 1.23 bits per heavy atom. The van der Waals surface area contributed by atoms with Crippen molar-refractivity contribution in [2.24, 2.45) is 33.7 Å². The number of hydrogen-bond donors (Lipinski definition) is 4. The molecule has 8 nitrogen and oxygen atoms in total. The highest BCUT2D eigenvalue weighted by atomic mass is 16.6. The number of carboxylic acid groups (broad SMARTS) is 1. The average Bonchev–Trinajstić information content (AvgIpc) is 3.08. The number of oxime groups is 1. The first-order valence-corrected chi connectivity index (χ1v) is 12.8. The molecule has 0 aliphatic heterocycles. The molecular formula is C27H38N2O6. The van der Waals surface area contributed by atoms with E-state index < -0.39 is 36.2 Å². The SMILES string of the molecule is C#C[C@@]1(O)CC[C@@H]2[C@@H]3CCC4=CC(=NOCC(=O)N[C@H](C(=O)O)[C@@H](C)O)CC[C@]4(C)[C@H]3CC[C@@]21C. The van der Waals surface area contributed by atoms with Crippen LogP contribution in [0.5, 0.6) is 0 Å². The first kappa shape index (κ1) is 25.7. The molecule has 0 aromatic carbocycles. The highest BCUT2D eigenvalue weighted by molar-refractivity contribution is 5.96. The predicted molar refractivity (Wildman–Crippen MR) is 130 cm³/mol. The third-order valence-electron chi connectivity index (χ3n) is 9.81. The lowest BCUT2D eigenvalue weighted by molar-refractivity contribution is -0.145. The number of aliphatic hydroxyl groups is 2. The number of carboxylic acids is 1. The summed E-state index contributed by atoms with van der Waals surface area (Å²) in [4.78, 5) is 28.3. The number of aliphatic hydroxyl groups excluding tert-OH is 1. The zero-order chi connectivity index (χ0) is 25.6. The normalized spacial score (nSPS) is 40.9. The summed E-state index contributed by atoms with van der Waals surface area (Å²) >= 11 is 0. The molecular weight excluding hydrogens is 448 g/mol. The van der Waals surface area contributed by atoms with Crippen LogP contribution in [0.15, 0.2) is 16.8 Å². The molecule has 35 heavy (non-hydrogen) atoms. The Balaban J connectivity index is 1.41. The minimum absolute atomic E-state index is 0.0868. The molecule has 0 bridgehead atoms. The number of hydrogen-bond acceptors (Lipinski definition) is 6. The monoisotopic (exact) mass is 486 g/mol. The van der Waals surface area contributed by atoms with E-state index in [4.69, 9.17) is 16.4 Å². The highest BCUT2D eigenvalue weighted by Crippen LogP contribution is 2.67. The highest BCUT2D eigenvalue weighted by Gasteiger charge is 2.63. The van der Waals surface area contributed by atoms with Crippen LogP contribution in [0, 0.1) is 40.9 Å². The Labute approximate surface area is 207 Å². The van der Waals surface area contributed by atoms with Crippen LogP contribution in [0.3, 0.4) is 0 Å². The third kappa shape index (κ3) is 4.27. The Kier molecular flexibility index (Phi) is 6.80. The van der Waals surface area contributed by atoms with Gasteiger partial charge in [-0.2, -0.15) is 0 Å². The van der Waals surface area contributed by atoms with E-state index >= 15 is 0 Å². The lowest BCUT2D eigenvalue weighted by Gasteiger charge is -2.58. The summed E-state index contributed by atoms with van der Waals surface area (Å²) in [6.07, 6.45) is 14.1. The minimum atomic E-state index is -1.39. The van der Waals surface area contributed by atoms with Gasteiger partial charge in [0.05, 0.1) is 11.8 Å². The molecule has 3 saturated carbocycles. The van der Waals surface area contributed by atoms with E-state index in [0.29, 0.717) is 24.2 Å². The molecule has 4 rings (SSSR count). The van der Waals surface area contributed by atoms with Crippen LogP contribution in [0.1, 0.15) is 72.1 Å². The van der Waals surface area contributed by atoms with Crippen molar-refractivity contribution in [2.45, 2.75) is 89.9 Å². The van der Waals surface area contributed by atoms with E-state index in [1.807, 2.05) is 0 Å². The molecule has 0 saturated heterocycles. The molecule has 0 spiro atoms. The lowest BCUT2D eigenvalue weighted by atomic mass is 9.46. The van der Waals surface area contributed by atoms with Gasteiger partial charge in [0, 0.05) is 5.41 Å².